The molecule has 17 heavy (non-hydrogen) atoms. The van der Waals surface area contributed by atoms with Gasteiger partial charge in [-0.15, -0.1) is 0 Å². The molecule has 0 spiro atoms. The molecular formula is C13H18N2O2. The molecule has 0 aliphatic heterocycles. The second-order valence-corrected chi connectivity index (χ2v) is 4.86. The molecule has 0 saturated heterocycles. The summed E-state index contributed by atoms with van der Waals surface area (Å²) >= 11 is 0. The maximum Gasteiger partial charge on any atom is 0.269 e. The topological polar surface area (TPSA) is 55.2 Å². The number of anilines is 1. The van der Waals surface area contributed by atoms with Gasteiger partial charge in [0.2, 0.25) is 0 Å². The molecule has 0 unspecified atom stereocenters. The number of nitrogens with zero attached hydrogens (tertiary/aromatic N) is 1. The van der Waals surface area contributed by atoms with Crippen molar-refractivity contribution < 1.29 is 4.92 Å². The highest BCUT2D eigenvalue weighted by atomic mass is 16.6. The summed E-state index contributed by atoms with van der Waals surface area (Å²) in [7, 11) is 0. The maximum absolute atomic E-state index is 10.5. The summed E-state index contributed by atoms with van der Waals surface area (Å²) in [6, 6.07) is 6.64. The first kappa shape index (κ1) is 11.9. The fourth-order valence-corrected chi connectivity index (χ4v) is 2.32. The van der Waals surface area contributed by atoms with E-state index < -0.39 is 0 Å². The number of benzene rings is 1. The molecule has 1 aromatic carbocycles. The summed E-state index contributed by atoms with van der Waals surface area (Å²) in [5.41, 5.74) is 1.57. The largest absolute Gasteiger partial charge is 0.384 e. The normalized spacial score (nSPS) is 17.2. The summed E-state index contributed by atoms with van der Waals surface area (Å²) in [5, 5.41) is 13.9. The number of nitrogens with one attached hydrogen (secondary N) is 1. The van der Waals surface area contributed by atoms with E-state index in [2.05, 4.69) is 12.2 Å². The zero-order valence-corrected chi connectivity index (χ0v) is 10.1. The molecule has 92 valence electrons. The van der Waals surface area contributed by atoms with Gasteiger partial charge >= 0.3 is 0 Å². The monoisotopic (exact) mass is 234 g/mol. The van der Waals surface area contributed by atoms with E-state index in [1.54, 1.807) is 24.3 Å². The molecule has 0 bridgehead atoms. The van der Waals surface area contributed by atoms with E-state index in [0.29, 0.717) is 5.41 Å². The van der Waals surface area contributed by atoms with Gasteiger partial charge in [0.25, 0.3) is 5.69 Å². The number of nitro benzene ring substituents is 1. The Morgan fingerprint density at radius 3 is 2.41 bits per heavy atom. The third-order valence-electron chi connectivity index (χ3n) is 3.91. The Balaban J connectivity index is 1.93. The molecule has 0 atom stereocenters. The van der Waals surface area contributed by atoms with Crippen LogP contribution in [0.4, 0.5) is 11.4 Å². The van der Waals surface area contributed by atoms with Crippen LogP contribution >= 0.6 is 0 Å². The summed E-state index contributed by atoms with van der Waals surface area (Å²) in [6.45, 7) is 3.21. The van der Waals surface area contributed by atoms with Gasteiger partial charge in [-0.25, -0.2) is 0 Å². The van der Waals surface area contributed by atoms with Crippen LogP contribution in [0.1, 0.15) is 32.6 Å². The zero-order chi connectivity index (χ0) is 12.3. The van der Waals surface area contributed by atoms with Crippen molar-refractivity contribution in [1.82, 2.24) is 0 Å². The number of nitro groups is 1. The SMILES string of the molecule is CCC1(CNc2ccc([N+](=O)[O-])cc2)CCC1. The second-order valence-electron chi connectivity index (χ2n) is 4.86. The molecule has 0 amide bonds. The van der Waals surface area contributed by atoms with Crippen LogP contribution in [-0.4, -0.2) is 11.5 Å². The molecule has 1 fully saturated rings. The van der Waals surface area contributed by atoms with Gasteiger partial charge in [-0.1, -0.05) is 13.3 Å². The first-order chi connectivity index (χ1) is 8.15. The van der Waals surface area contributed by atoms with Crippen molar-refractivity contribution in [1.29, 1.82) is 0 Å². The average Bonchev–Trinajstić information content (AvgIpc) is 2.29. The molecule has 1 aliphatic carbocycles. The molecule has 1 N–H and O–H groups in total. The van der Waals surface area contributed by atoms with Crippen molar-refractivity contribution in [2.24, 2.45) is 5.41 Å². The first-order valence-corrected chi connectivity index (χ1v) is 6.13. The highest BCUT2D eigenvalue weighted by molar-refractivity contribution is 5.48. The van der Waals surface area contributed by atoms with E-state index in [1.165, 1.54) is 25.7 Å². The van der Waals surface area contributed by atoms with Crippen molar-refractivity contribution in [2.75, 3.05) is 11.9 Å². The lowest BCUT2D eigenvalue weighted by Crippen LogP contribution is -2.35. The Kier molecular flexibility index (Phi) is 3.31. The van der Waals surface area contributed by atoms with Crippen LogP contribution in [0.25, 0.3) is 0 Å². The van der Waals surface area contributed by atoms with E-state index in [0.717, 1.165) is 12.2 Å². The fourth-order valence-electron chi connectivity index (χ4n) is 2.32. The standard InChI is InChI=1S/C13H18N2O2/c1-2-13(8-3-9-13)10-14-11-4-6-12(7-5-11)15(16)17/h4-7,14H,2-3,8-10H2,1H3. The highest BCUT2D eigenvalue weighted by Gasteiger charge is 2.34. The van der Waals surface area contributed by atoms with Gasteiger partial charge in [-0.2, -0.15) is 0 Å². The Bertz CT molecular complexity index is 391. The van der Waals surface area contributed by atoms with Crippen molar-refractivity contribution in [3.63, 3.8) is 0 Å². The van der Waals surface area contributed by atoms with Gasteiger partial charge in [0.1, 0.15) is 0 Å². The summed E-state index contributed by atoms with van der Waals surface area (Å²) in [5.74, 6) is 0. The van der Waals surface area contributed by atoms with Crippen LogP contribution in [-0.2, 0) is 0 Å². The minimum atomic E-state index is -0.372. The Labute approximate surface area is 101 Å². The maximum atomic E-state index is 10.5. The highest BCUT2D eigenvalue weighted by Crippen LogP contribution is 2.43. The minimum absolute atomic E-state index is 0.143. The van der Waals surface area contributed by atoms with Crippen LogP contribution < -0.4 is 5.32 Å². The lowest BCUT2D eigenvalue weighted by Gasteiger charge is -2.41. The molecule has 1 saturated carbocycles. The van der Waals surface area contributed by atoms with E-state index in [1.807, 2.05) is 0 Å². The van der Waals surface area contributed by atoms with Crippen molar-refractivity contribution in [2.45, 2.75) is 32.6 Å². The van der Waals surface area contributed by atoms with Crippen LogP contribution in [0.5, 0.6) is 0 Å². The number of non-ortho nitro benzene ring substituents is 1. The van der Waals surface area contributed by atoms with Crippen molar-refractivity contribution in [3.05, 3.63) is 34.4 Å². The van der Waals surface area contributed by atoms with E-state index in [-0.39, 0.29) is 10.6 Å². The smallest absolute Gasteiger partial charge is 0.269 e. The zero-order valence-electron chi connectivity index (χ0n) is 10.1. The van der Waals surface area contributed by atoms with Crippen LogP contribution in [0, 0.1) is 15.5 Å². The summed E-state index contributed by atoms with van der Waals surface area (Å²) in [4.78, 5) is 10.1. The van der Waals surface area contributed by atoms with E-state index in [9.17, 15) is 10.1 Å². The van der Waals surface area contributed by atoms with Crippen LogP contribution in [0.2, 0.25) is 0 Å². The predicted octanol–water partition coefficient (Wildman–Crippen LogP) is 3.59. The van der Waals surface area contributed by atoms with Crippen LogP contribution in [0.15, 0.2) is 24.3 Å². The summed E-state index contributed by atoms with van der Waals surface area (Å²) in [6.07, 6.45) is 5.12. The average molecular weight is 234 g/mol. The van der Waals surface area contributed by atoms with Crippen LogP contribution in [0.3, 0.4) is 0 Å². The molecule has 1 aliphatic rings. The molecule has 4 heteroatoms. The van der Waals surface area contributed by atoms with Gasteiger partial charge in [0, 0.05) is 24.4 Å². The molecule has 1 aromatic rings. The third kappa shape index (κ3) is 2.57. The first-order valence-electron chi connectivity index (χ1n) is 6.13. The predicted molar refractivity (Wildman–Crippen MR) is 68.2 cm³/mol. The van der Waals surface area contributed by atoms with Gasteiger partial charge in [0.05, 0.1) is 4.92 Å². The minimum Gasteiger partial charge on any atom is -0.384 e. The quantitative estimate of drug-likeness (QED) is 0.625. The van der Waals surface area contributed by atoms with Gasteiger partial charge in [-0.3, -0.25) is 10.1 Å². The molecule has 0 radical (unpaired) electrons. The molecule has 2 rings (SSSR count). The molecule has 4 nitrogen and oxygen atoms in total. The number of rotatable bonds is 5. The lowest BCUT2D eigenvalue weighted by atomic mass is 9.67. The Morgan fingerprint density at radius 1 is 1.35 bits per heavy atom. The van der Waals surface area contributed by atoms with E-state index in [4.69, 9.17) is 0 Å². The Morgan fingerprint density at radius 2 is 2.00 bits per heavy atom. The van der Waals surface area contributed by atoms with E-state index >= 15 is 0 Å². The number of hydrogen-bond donors (Lipinski definition) is 1. The van der Waals surface area contributed by atoms with Gasteiger partial charge < -0.3 is 5.32 Å². The molecular weight excluding hydrogens is 216 g/mol. The van der Waals surface area contributed by atoms with Gasteiger partial charge in [-0.05, 0) is 36.8 Å². The molecule has 0 heterocycles. The Hall–Kier alpha value is -1.58. The third-order valence-corrected chi connectivity index (χ3v) is 3.91. The van der Waals surface area contributed by atoms with Crippen molar-refractivity contribution >= 4 is 11.4 Å². The second kappa shape index (κ2) is 4.73. The fraction of sp³-hybridized carbons (Fsp3) is 0.538. The van der Waals surface area contributed by atoms with Gasteiger partial charge in [0.15, 0.2) is 0 Å². The molecule has 0 aromatic heterocycles. The lowest BCUT2D eigenvalue weighted by molar-refractivity contribution is -0.384. The summed E-state index contributed by atoms with van der Waals surface area (Å²) < 4.78 is 0. The van der Waals surface area contributed by atoms with Crippen molar-refractivity contribution in [3.8, 4) is 0 Å². The number of hydrogen-bond acceptors (Lipinski definition) is 3.